The molecule has 0 spiro atoms. The zero-order valence-corrected chi connectivity index (χ0v) is 15.1. The predicted molar refractivity (Wildman–Crippen MR) is 104 cm³/mol. The lowest BCUT2D eigenvalue weighted by Crippen LogP contribution is -2.14. The molecule has 4 N–H and O–H groups in total. The number of carbonyl (C=O) groups excluding carboxylic acids is 1. The lowest BCUT2D eigenvalue weighted by molar-refractivity contribution is -0.118. The maximum absolute atomic E-state index is 13.3. The Hall–Kier alpha value is -4.08. The van der Waals surface area contributed by atoms with Crippen LogP contribution in [0.3, 0.4) is 0 Å². The summed E-state index contributed by atoms with van der Waals surface area (Å²) in [5, 5.41) is 21.5. The van der Waals surface area contributed by atoms with Crippen molar-refractivity contribution in [3.05, 3.63) is 54.7 Å². The maximum atomic E-state index is 13.3. The number of primary amides is 1. The van der Waals surface area contributed by atoms with Crippen LogP contribution >= 0.6 is 0 Å². The summed E-state index contributed by atoms with van der Waals surface area (Å²) in [5.41, 5.74) is 7.73. The molecule has 0 bridgehead atoms. The van der Waals surface area contributed by atoms with Crippen molar-refractivity contribution in [1.82, 2.24) is 25.0 Å². The van der Waals surface area contributed by atoms with E-state index in [0.717, 1.165) is 11.6 Å². The van der Waals surface area contributed by atoms with Gasteiger partial charge in [-0.15, -0.1) is 5.10 Å². The van der Waals surface area contributed by atoms with Crippen LogP contribution in [0.2, 0.25) is 0 Å². The van der Waals surface area contributed by atoms with E-state index in [9.17, 15) is 14.3 Å². The Bertz CT molecular complexity index is 1210. The summed E-state index contributed by atoms with van der Waals surface area (Å²) in [4.78, 5) is 19.4. The molecule has 10 heteroatoms. The molecule has 0 aliphatic heterocycles. The number of hydrogen-bond acceptors (Lipinski definition) is 7. The third kappa shape index (κ3) is 3.95. The number of nitrogens with zero attached hydrogens (tertiary/aromatic N) is 5. The number of phenols is 1. The molecule has 4 rings (SSSR count). The summed E-state index contributed by atoms with van der Waals surface area (Å²) in [7, 11) is 0. The summed E-state index contributed by atoms with van der Waals surface area (Å²) in [6.45, 7) is 0.347. The molecule has 0 saturated heterocycles. The molecule has 0 radical (unpaired) electrons. The van der Waals surface area contributed by atoms with Crippen LogP contribution in [-0.2, 0) is 11.3 Å². The van der Waals surface area contributed by atoms with Crippen molar-refractivity contribution in [1.29, 1.82) is 0 Å². The Balaban J connectivity index is 1.67. The van der Waals surface area contributed by atoms with Crippen LogP contribution < -0.4 is 11.1 Å². The Kier molecular flexibility index (Phi) is 4.73. The number of rotatable bonds is 6. The zero-order chi connectivity index (χ0) is 20.4. The molecule has 2 aromatic carbocycles. The highest BCUT2D eigenvalue weighted by molar-refractivity contribution is 5.93. The number of amides is 1. The Morgan fingerprint density at radius 3 is 2.86 bits per heavy atom. The SMILES string of the molecule is NC(=O)CCn1cc(-c2ccc3ncnc(Nc4ccc(F)c(O)c4)c3c2)nn1. The molecule has 2 aromatic heterocycles. The summed E-state index contributed by atoms with van der Waals surface area (Å²) in [6.07, 6.45) is 3.31. The molecule has 0 aliphatic carbocycles. The monoisotopic (exact) mass is 393 g/mol. The number of anilines is 2. The minimum atomic E-state index is -0.704. The highest BCUT2D eigenvalue weighted by Gasteiger charge is 2.10. The van der Waals surface area contributed by atoms with Crippen molar-refractivity contribution < 1.29 is 14.3 Å². The van der Waals surface area contributed by atoms with E-state index >= 15 is 0 Å². The number of aromatic hydroxyl groups is 1. The molecule has 9 nitrogen and oxygen atoms in total. The van der Waals surface area contributed by atoms with Gasteiger partial charge in [0.25, 0.3) is 0 Å². The van der Waals surface area contributed by atoms with Gasteiger partial charge in [-0.1, -0.05) is 11.3 Å². The largest absolute Gasteiger partial charge is 0.505 e. The highest BCUT2D eigenvalue weighted by atomic mass is 19.1. The number of fused-ring (bicyclic) bond motifs is 1. The summed E-state index contributed by atoms with van der Waals surface area (Å²) >= 11 is 0. The Morgan fingerprint density at radius 1 is 1.21 bits per heavy atom. The van der Waals surface area contributed by atoms with Crippen molar-refractivity contribution in [2.24, 2.45) is 5.73 Å². The summed E-state index contributed by atoms with van der Waals surface area (Å²) in [6, 6.07) is 9.46. The molecular weight excluding hydrogens is 377 g/mol. The number of aryl methyl sites for hydroxylation is 1. The van der Waals surface area contributed by atoms with E-state index in [-0.39, 0.29) is 6.42 Å². The topological polar surface area (TPSA) is 132 Å². The standard InChI is InChI=1S/C19H16FN7O2/c20-14-3-2-12(8-17(14)28)24-19-13-7-11(1-4-15(13)22-10-23-19)16-9-27(26-25-16)6-5-18(21)29/h1-4,7-10,28H,5-6H2,(H2,21,29)(H,22,23,24). The number of aromatic nitrogens is 5. The minimum absolute atomic E-state index is 0.174. The van der Waals surface area contributed by atoms with E-state index in [2.05, 4.69) is 25.6 Å². The second-order valence-electron chi connectivity index (χ2n) is 6.33. The fourth-order valence-electron chi connectivity index (χ4n) is 2.81. The van der Waals surface area contributed by atoms with Gasteiger partial charge >= 0.3 is 0 Å². The molecule has 29 heavy (non-hydrogen) atoms. The molecule has 0 fully saturated rings. The number of carbonyl (C=O) groups is 1. The third-order valence-corrected chi connectivity index (χ3v) is 4.27. The smallest absolute Gasteiger partial charge is 0.219 e. The van der Waals surface area contributed by atoms with Gasteiger partial charge in [-0.3, -0.25) is 9.48 Å². The fourth-order valence-corrected chi connectivity index (χ4v) is 2.81. The van der Waals surface area contributed by atoms with Gasteiger partial charge in [0.2, 0.25) is 5.91 Å². The van der Waals surface area contributed by atoms with Crippen molar-refractivity contribution in [2.45, 2.75) is 13.0 Å². The van der Waals surface area contributed by atoms with Gasteiger partial charge in [0, 0.05) is 29.1 Å². The highest BCUT2D eigenvalue weighted by Crippen LogP contribution is 2.29. The van der Waals surface area contributed by atoms with Crippen LogP contribution in [0.25, 0.3) is 22.2 Å². The van der Waals surface area contributed by atoms with E-state index in [1.807, 2.05) is 18.2 Å². The number of hydrogen-bond donors (Lipinski definition) is 3. The van der Waals surface area contributed by atoms with Crippen LogP contribution in [0.4, 0.5) is 15.9 Å². The lowest BCUT2D eigenvalue weighted by atomic mass is 10.1. The normalized spacial score (nSPS) is 10.9. The molecule has 0 aliphatic rings. The van der Waals surface area contributed by atoms with Gasteiger partial charge in [0.1, 0.15) is 17.8 Å². The average molecular weight is 393 g/mol. The van der Waals surface area contributed by atoms with E-state index in [1.165, 1.54) is 18.5 Å². The van der Waals surface area contributed by atoms with Crippen LogP contribution in [0.1, 0.15) is 6.42 Å². The fraction of sp³-hybridized carbons (Fsp3) is 0.105. The summed E-state index contributed by atoms with van der Waals surface area (Å²) in [5.74, 6) is -1.08. The zero-order valence-electron chi connectivity index (χ0n) is 15.1. The van der Waals surface area contributed by atoms with Crippen molar-refractivity contribution in [2.75, 3.05) is 5.32 Å². The first-order chi connectivity index (χ1) is 14.0. The van der Waals surface area contributed by atoms with E-state index in [1.54, 1.807) is 10.9 Å². The molecule has 146 valence electrons. The Labute approximate surface area is 164 Å². The molecular formula is C19H16FN7O2. The van der Waals surface area contributed by atoms with E-state index in [0.29, 0.717) is 34.6 Å². The first-order valence-electron chi connectivity index (χ1n) is 8.69. The van der Waals surface area contributed by atoms with Gasteiger partial charge in [0.05, 0.1) is 18.3 Å². The van der Waals surface area contributed by atoms with E-state index in [4.69, 9.17) is 5.73 Å². The minimum Gasteiger partial charge on any atom is -0.505 e. The van der Waals surface area contributed by atoms with Crippen molar-refractivity contribution in [3.8, 4) is 17.0 Å². The molecule has 0 saturated carbocycles. The lowest BCUT2D eigenvalue weighted by Gasteiger charge is -2.09. The molecule has 0 unspecified atom stereocenters. The number of halogens is 1. The average Bonchev–Trinajstić information content (AvgIpc) is 3.18. The number of nitrogens with two attached hydrogens (primary N) is 1. The third-order valence-electron chi connectivity index (χ3n) is 4.27. The van der Waals surface area contributed by atoms with Crippen molar-refractivity contribution >= 4 is 28.3 Å². The maximum Gasteiger partial charge on any atom is 0.219 e. The quantitative estimate of drug-likeness (QED) is 0.458. The second kappa shape index (κ2) is 7.50. The first-order valence-corrected chi connectivity index (χ1v) is 8.69. The molecule has 2 heterocycles. The number of phenolic OH excluding ortho intramolecular Hbond substituents is 1. The summed E-state index contributed by atoms with van der Waals surface area (Å²) < 4.78 is 14.8. The molecule has 0 atom stereocenters. The van der Waals surface area contributed by atoms with E-state index < -0.39 is 17.5 Å². The van der Waals surface area contributed by atoms with Crippen LogP contribution in [0.5, 0.6) is 5.75 Å². The Morgan fingerprint density at radius 2 is 2.07 bits per heavy atom. The van der Waals surface area contributed by atoms with Crippen LogP contribution in [0.15, 0.2) is 48.9 Å². The molecule has 4 aromatic rings. The van der Waals surface area contributed by atoms with Gasteiger partial charge in [-0.05, 0) is 24.3 Å². The van der Waals surface area contributed by atoms with Gasteiger partial charge in [-0.25, -0.2) is 14.4 Å². The molecule has 1 amide bonds. The number of nitrogens with one attached hydrogen (secondary N) is 1. The van der Waals surface area contributed by atoms with Gasteiger partial charge < -0.3 is 16.2 Å². The van der Waals surface area contributed by atoms with Crippen LogP contribution in [0, 0.1) is 5.82 Å². The first kappa shape index (κ1) is 18.3. The van der Waals surface area contributed by atoms with Crippen LogP contribution in [-0.4, -0.2) is 36.0 Å². The van der Waals surface area contributed by atoms with Gasteiger partial charge in [0.15, 0.2) is 11.6 Å². The van der Waals surface area contributed by atoms with Gasteiger partial charge in [-0.2, -0.15) is 0 Å². The van der Waals surface area contributed by atoms with Crippen molar-refractivity contribution in [3.63, 3.8) is 0 Å². The second-order valence-corrected chi connectivity index (χ2v) is 6.33. The number of benzene rings is 2. The predicted octanol–water partition coefficient (Wildman–Crippen LogP) is 2.35.